The Morgan fingerprint density at radius 1 is 1.06 bits per heavy atom. The molecule has 0 saturated carbocycles. The molecule has 182 valence electrons. The number of aryl methyl sites for hydroxylation is 1. The second kappa shape index (κ2) is 8.33. The van der Waals surface area contributed by atoms with E-state index in [1.165, 1.54) is 0 Å². The van der Waals surface area contributed by atoms with Crippen molar-refractivity contribution in [3.8, 4) is 28.8 Å². The highest BCUT2D eigenvalue weighted by Crippen LogP contribution is 2.54. The van der Waals surface area contributed by atoms with Crippen LogP contribution in [-0.2, 0) is 4.79 Å². The Morgan fingerprint density at radius 2 is 1.80 bits per heavy atom. The number of ether oxygens (including phenoxy) is 4. The SMILES string of the molecule is COc1cc([C@@H]2CC(=O)Nc3c2c(C)nn3-c2ccc(N3CCCC3)nn2)c(OC)c2c1OCO2. The summed E-state index contributed by atoms with van der Waals surface area (Å²) in [5, 5.41) is 16.6. The van der Waals surface area contributed by atoms with Gasteiger partial charge in [-0.15, -0.1) is 10.2 Å². The predicted molar refractivity (Wildman–Crippen MR) is 126 cm³/mol. The molecule has 0 radical (unpaired) electrons. The highest BCUT2D eigenvalue weighted by atomic mass is 16.7. The molecule has 11 heteroatoms. The van der Waals surface area contributed by atoms with Crippen molar-refractivity contribution >= 4 is 17.5 Å². The molecular formula is C24H26N6O5. The molecule has 0 aliphatic carbocycles. The summed E-state index contributed by atoms with van der Waals surface area (Å²) in [5.74, 6) is 3.51. The largest absolute Gasteiger partial charge is 0.493 e. The van der Waals surface area contributed by atoms with Gasteiger partial charge in [0.2, 0.25) is 24.2 Å². The number of hydrogen-bond donors (Lipinski definition) is 1. The van der Waals surface area contributed by atoms with Crippen LogP contribution in [0.1, 0.15) is 42.0 Å². The third kappa shape index (κ3) is 3.41. The van der Waals surface area contributed by atoms with Gasteiger partial charge in [-0.3, -0.25) is 4.79 Å². The lowest BCUT2D eigenvalue weighted by molar-refractivity contribution is -0.116. The maximum absolute atomic E-state index is 12.9. The van der Waals surface area contributed by atoms with Crippen molar-refractivity contribution in [1.82, 2.24) is 20.0 Å². The summed E-state index contributed by atoms with van der Waals surface area (Å²) in [7, 11) is 3.14. The quantitative estimate of drug-likeness (QED) is 0.591. The maximum atomic E-state index is 12.9. The van der Waals surface area contributed by atoms with Gasteiger partial charge < -0.3 is 29.2 Å². The summed E-state index contributed by atoms with van der Waals surface area (Å²) in [6.45, 7) is 3.97. The van der Waals surface area contributed by atoms with E-state index in [1.54, 1.807) is 18.9 Å². The van der Waals surface area contributed by atoms with Crippen molar-refractivity contribution in [2.75, 3.05) is 44.3 Å². The molecule has 0 unspecified atom stereocenters. The highest BCUT2D eigenvalue weighted by Gasteiger charge is 2.38. The van der Waals surface area contributed by atoms with Gasteiger partial charge in [-0.2, -0.15) is 9.78 Å². The minimum Gasteiger partial charge on any atom is -0.493 e. The van der Waals surface area contributed by atoms with E-state index in [4.69, 9.17) is 24.0 Å². The Morgan fingerprint density at radius 3 is 2.51 bits per heavy atom. The van der Waals surface area contributed by atoms with Crippen molar-refractivity contribution in [3.05, 3.63) is 35.0 Å². The maximum Gasteiger partial charge on any atom is 0.231 e. The Balaban J connectivity index is 1.45. The van der Waals surface area contributed by atoms with Crippen LogP contribution in [0, 0.1) is 6.92 Å². The second-order valence-electron chi connectivity index (χ2n) is 8.77. The highest BCUT2D eigenvalue weighted by molar-refractivity contribution is 5.95. The molecule has 1 amide bonds. The van der Waals surface area contributed by atoms with Crippen LogP contribution in [-0.4, -0.2) is 60.0 Å². The molecule has 1 atom stereocenters. The molecule has 1 N–H and O–H groups in total. The molecule has 3 aromatic rings. The average Bonchev–Trinajstić information content (AvgIpc) is 3.63. The lowest BCUT2D eigenvalue weighted by Gasteiger charge is -2.26. The number of hydrogen-bond acceptors (Lipinski definition) is 9. The van der Waals surface area contributed by atoms with E-state index in [1.807, 2.05) is 25.1 Å². The van der Waals surface area contributed by atoms with E-state index in [0.29, 0.717) is 34.6 Å². The van der Waals surface area contributed by atoms with Crippen LogP contribution in [0.25, 0.3) is 5.82 Å². The monoisotopic (exact) mass is 478 g/mol. The molecule has 2 aromatic heterocycles. The average molecular weight is 479 g/mol. The van der Waals surface area contributed by atoms with Crippen LogP contribution in [0.15, 0.2) is 18.2 Å². The van der Waals surface area contributed by atoms with Crippen molar-refractivity contribution in [3.63, 3.8) is 0 Å². The van der Waals surface area contributed by atoms with Crippen LogP contribution < -0.4 is 29.2 Å². The molecule has 1 saturated heterocycles. The molecular weight excluding hydrogens is 452 g/mol. The lowest BCUT2D eigenvalue weighted by atomic mass is 9.84. The zero-order valence-electron chi connectivity index (χ0n) is 19.8. The Hall–Kier alpha value is -4.02. The molecule has 3 aliphatic rings. The van der Waals surface area contributed by atoms with Gasteiger partial charge in [-0.1, -0.05) is 0 Å². The van der Waals surface area contributed by atoms with E-state index < -0.39 is 0 Å². The van der Waals surface area contributed by atoms with Gasteiger partial charge in [0, 0.05) is 36.6 Å². The number of nitrogens with zero attached hydrogens (tertiary/aromatic N) is 5. The van der Waals surface area contributed by atoms with E-state index in [9.17, 15) is 4.79 Å². The molecule has 1 aromatic carbocycles. The molecule has 3 aliphatic heterocycles. The number of benzene rings is 1. The summed E-state index contributed by atoms with van der Waals surface area (Å²) >= 11 is 0. The fraction of sp³-hybridized carbons (Fsp3) is 0.417. The molecule has 0 spiro atoms. The fourth-order valence-corrected chi connectivity index (χ4v) is 5.18. The Labute approximate surface area is 201 Å². The van der Waals surface area contributed by atoms with Crippen molar-refractivity contribution in [1.29, 1.82) is 0 Å². The first-order chi connectivity index (χ1) is 17.1. The van der Waals surface area contributed by atoms with Crippen LogP contribution >= 0.6 is 0 Å². The number of carbonyl (C=O) groups excluding carboxylic acids is 1. The fourth-order valence-electron chi connectivity index (χ4n) is 5.18. The third-order valence-corrected chi connectivity index (χ3v) is 6.78. The normalized spacial score (nSPS) is 18.4. The molecule has 0 bridgehead atoms. The molecule has 35 heavy (non-hydrogen) atoms. The van der Waals surface area contributed by atoms with Gasteiger partial charge in [-0.05, 0) is 38.0 Å². The third-order valence-electron chi connectivity index (χ3n) is 6.78. The van der Waals surface area contributed by atoms with Crippen molar-refractivity contribution in [2.45, 2.75) is 32.1 Å². The number of amides is 1. The molecule has 5 heterocycles. The van der Waals surface area contributed by atoms with Gasteiger partial charge in [-0.25, -0.2) is 0 Å². The number of anilines is 2. The number of fused-ring (bicyclic) bond motifs is 2. The second-order valence-corrected chi connectivity index (χ2v) is 8.77. The summed E-state index contributed by atoms with van der Waals surface area (Å²) in [6.07, 6.45) is 2.55. The van der Waals surface area contributed by atoms with Crippen molar-refractivity contribution in [2.24, 2.45) is 0 Å². The topological polar surface area (TPSA) is 113 Å². The van der Waals surface area contributed by atoms with Crippen LogP contribution in [0.3, 0.4) is 0 Å². The Kier molecular flexibility index (Phi) is 5.12. The first kappa shape index (κ1) is 21.5. The summed E-state index contributed by atoms with van der Waals surface area (Å²) in [5.41, 5.74) is 2.42. The number of carbonyl (C=O) groups is 1. The van der Waals surface area contributed by atoms with Crippen LogP contribution in [0.4, 0.5) is 11.6 Å². The van der Waals surface area contributed by atoms with Gasteiger partial charge in [0.05, 0.1) is 19.9 Å². The summed E-state index contributed by atoms with van der Waals surface area (Å²) in [4.78, 5) is 15.1. The van der Waals surface area contributed by atoms with Crippen LogP contribution in [0.2, 0.25) is 0 Å². The van der Waals surface area contributed by atoms with E-state index >= 15 is 0 Å². The van der Waals surface area contributed by atoms with Crippen molar-refractivity contribution < 1.29 is 23.7 Å². The Bertz CT molecular complexity index is 1300. The standard InChI is InChI=1S/C24H26N6O5/c1-13-20-14(15-10-16(32-2)22-23(21(15)33-3)35-12-34-22)11-19(31)25-24(20)30(28-13)18-7-6-17(26-27-18)29-8-4-5-9-29/h6-7,10,14H,4-5,8-9,11-12H2,1-3H3,(H,25,31)/t14-/m0/s1. The van der Waals surface area contributed by atoms with E-state index in [2.05, 4.69) is 20.4 Å². The summed E-state index contributed by atoms with van der Waals surface area (Å²) < 4.78 is 24.2. The number of aromatic nitrogens is 4. The zero-order chi connectivity index (χ0) is 24.1. The molecule has 11 nitrogen and oxygen atoms in total. The molecule has 1 fully saturated rings. The first-order valence-electron chi connectivity index (χ1n) is 11.6. The first-order valence-corrected chi connectivity index (χ1v) is 11.6. The predicted octanol–water partition coefficient (Wildman–Crippen LogP) is 2.79. The van der Waals surface area contributed by atoms with Gasteiger partial charge in [0.1, 0.15) is 5.82 Å². The minimum atomic E-state index is -0.331. The zero-order valence-corrected chi connectivity index (χ0v) is 19.8. The van der Waals surface area contributed by atoms with Gasteiger partial charge >= 0.3 is 0 Å². The van der Waals surface area contributed by atoms with E-state index in [0.717, 1.165) is 48.6 Å². The smallest absolute Gasteiger partial charge is 0.231 e. The minimum absolute atomic E-state index is 0.0744. The number of methoxy groups -OCH3 is 2. The molecule has 6 rings (SSSR count). The number of nitrogens with one attached hydrogen (secondary N) is 1. The lowest BCUT2D eigenvalue weighted by Crippen LogP contribution is -2.25. The van der Waals surface area contributed by atoms with E-state index in [-0.39, 0.29) is 25.0 Å². The van der Waals surface area contributed by atoms with Gasteiger partial charge in [0.25, 0.3) is 0 Å². The summed E-state index contributed by atoms with van der Waals surface area (Å²) in [6, 6.07) is 5.68. The van der Waals surface area contributed by atoms with Crippen LogP contribution in [0.5, 0.6) is 23.0 Å². The van der Waals surface area contributed by atoms with Gasteiger partial charge in [0.15, 0.2) is 23.1 Å². The number of rotatable bonds is 5.